The van der Waals surface area contributed by atoms with Gasteiger partial charge in [0, 0.05) is 6.07 Å². The molecule has 2 aromatic heterocycles. The summed E-state index contributed by atoms with van der Waals surface area (Å²) in [5, 5.41) is 4.85. The molecule has 5 nitrogen and oxygen atoms in total. The fourth-order valence-electron chi connectivity index (χ4n) is 1.68. The normalized spacial score (nSPS) is 10.9. The standard InChI is InChI=1S/C12H10N4OS/c13-8-5-12(17)16(14-6-8)7-11-15-9-3-1-2-4-10(9)18-11/h1-6H,7,13H2. The number of hydrogen-bond donors (Lipinski definition) is 1. The van der Waals surface area contributed by atoms with E-state index in [-0.39, 0.29) is 5.56 Å². The van der Waals surface area contributed by atoms with Crippen LogP contribution in [0.4, 0.5) is 5.69 Å². The van der Waals surface area contributed by atoms with E-state index >= 15 is 0 Å². The fourth-order valence-corrected chi connectivity index (χ4v) is 2.63. The highest BCUT2D eigenvalue weighted by Gasteiger charge is 2.05. The molecule has 2 heterocycles. The van der Waals surface area contributed by atoms with Gasteiger partial charge in [-0.05, 0) is 12.1 Å². The number of para-hydroxylation sites is 1. The molecule has 3 rings (SSSR count). The van der Waals surface area contributed by atoms with Crippen molar-refractivity contribution in [2.75, 3.05) is 5.73 Å². The van der Waals surface area contributed by atoms with E-state index in [1.807, 2.05) is 24.3 Å². The highest BCUT2D eigenvalue weighted by Crippen LogP contribution is 2.21. The Balaban J connectivity index is 1.98. The van der Waals surface area contributed by atoms with Gasteiger partial charge in [-0.3, -0.25) is 4.79 Å². The van der Waals surface area contributed by atoms with Crippen molar-refractivity contribution in [2.45, 2.75) is 6.54 Å². The molecule has 0 fully saturated rings. The largest absolute Gasteiger partial charge is 0.397 e. The van der Waals surface area contributed by atoms with Crippen LogP contribution < -0.4 is 11.3 Å². The summed E-state index contributed by atoms with van der Waals surface area (Å²) >= 11 is 1.56. The zero-order chi connectivity index (χ0) is 12.5. The van der Waals surface area contributed by atoms with Crippen molar-refractivity contribution in [1.29, 1.82) is 0 Å². The molecule has 0 amide bonds. The Kier molecular flexibility index (Phi) is 2.56. The van der Waals surface area contributed by atoms with Crippen molar-refractivity contribution < 1.29 is 0 Å². The number of nitrogens with two attached hydrogens (primary N) is 1. The van der Waals surface area contributed by atoms with Crippen molar-refractivity contribution in [2.24, 2.45) is 0 Å². The Morgan fingerprint density at radius 1 is 1.33 bits per heavy atom. The first kappa shape index (κ1) is 10.9. The number of anilines is 1. The van der Waals surface area contributed by atoms with Crippen LogP contribution in [0.2, 0.25) is 0 Å². The van der Waals surface area contributed by atoms with Crippen molar-refractivity contribution in [1.82, 2.24) is 14.8 Å². The number of nitrogens with zero attached hydrogens (tertiary/aromatic N) is 3. The molecule has 18 heavy (non-hydrogen) atoms. The topological polar surface area (TPSA) is 73.8 Å². The van der Waals surface area contributed by atoms with E-state index < -0.39 is 0 Å². The van der Waals surface area contributed by atoms with Gasteiger partial charge in [-0.1, -0.05) is 12.1 Å². The van der Waals surface area contributed by atoms with E-state index in [0.29, 0.717) is 12.2 Å². The monoisotopic (exact) mass is 258 g/mol. The van der Waals surface area contributed by atoms with E-state index in [9.17, 15) is 4.79 Å². The molecular weight excluding hydrogens is 248 g/mol. The van der Waals surface area contributed by atoms with Crippen molar-refractivity contribution in [3.63, 3.8) is 0 Å². The predicted molar refractivity (Wildman–Crippen MR) is 71.6 cm³/mol. The smallest absolute Gasteiger partial charge is 0.269 e. The molecular formula is C12H10N4OS. The molecule has 90 valence electrons. The second-order valence-corrected chi connectivity index (χ2v) is 4.98. The first-order chi connectivity index (χ1) is 8.72. The molecule has 0 saturated heterocycles. The minimum absolute atomic E-state index is 0.214. The molecule has 1 aromatic carbocycles. The SMILES string of the molecule is Nc1cnn(Cc2nc3ccccc3s2)c(=O)c1. The first-order valence-electron chi connectivity index (χ1n) is 5.39. The Labute approximate surface area is 107 Å². The first-order valence-corrected chi connectivity index (χ1v) is 6.21. The second kappa shape index (κ2) is 4.23. The average Bonchev–Trinajstić information content (AvgIpc) is 2.75. The Bertz CT molecular complexity index is 729. The second-order valence-electron chi connectivity index (χ2n) is 3.86. The van der Waals surface area contributed by atoms with Crippen LogP contribution >= 0.6 is 11.3 Å². The van der Waals surface area contributed by atoms with E-state index in [4.69, 9.17) is 5.73 Å². The van der Waals surface area contributed by atoms with Gasteiger partial charge < -0.3 is 5.73 Å². The van der Waals surface area contributed by atoms with Gasteiger partial charge in [0.15, 0.2) is 0 Å². The number of hydrogen-bond acceptors (Lipinski definition) is 5. The zero-order valence-electron chi connectivity index (χ0n) is 9.41. The average molecular weight is 258 g/mol. The third-order valence-electron chi connectivity index (χ3n) is 2.51. The van der Waals surface area contributed by atoms with Crippen LogP contribution in [0.5, 0.6) is 0 Å². The summed E-state index contributed by atoms with van der Waals surface area (Å²) in [4.78, 5) is 16.1. The lowest BCUT2D eigenvalue weighted by Crippen LogP contribution is -2.22. The van der Waals surface area contributed by atoms with Gasteiger partial charge in [-0.15, -0.1) is 11.3 Å². The molecule has 3 aromatic rings. The van der Waals surface area contributed by atoms with Crippen molar-refractivity contribution in [3.8, 4) is 0 Å². The van der Waals surface area contributed by atoms with Crippen LogP contribution in [0.25, 0.3) is 10.2 Å². The number of aromatic nitrogens is 3. The number of thiazole rings is 1. The summed E-state index contributed by atoms with van der Waals surface area (Å²) in [5.74, 6) is 0. The summed E-state index contributed by atoms with van der Waals surface area (Å²) in [6, 6.07) is 9.24. The van der Waals surface area contributed by atoms with E-state index in [1.54, 1.807) is 11.3 Å². The third kappa shape index (κ3) is 1.98. The maximum atomic E-state index is 11.7. The molecule has 0 saturated carbocycles. The molecule has 0 aliphatic carbocycles. The Morgan fingerprint density at radius 3 is 2.94 bits per heavy atom. The summed E-state index contributed by atoms with van der Waals surface area (Å²) in [6.45, 7) is 0.373. The molecule has 0 aliphatic rings. The molecule has 0 atom stereocenters. The Hall–Kier alpha value is -2.21. The minimum Gasteiger partial charge on any atom is -0.397 e. The van der Waals surface area contributed by atoms with Crippen LogP contribution in [0.3, 0.4) is 0 Å². The zero-order valence-corrected chi connectivity index (χ0v) is 10.2. The molecule has 6 heteroatoms. The van der Waals surface area contributed by atoms with E-state index in [0.717, 1.165) is 15.2 Å². The van der Waals surface area contributed by atoms with Crippen molar-refractivity contribution in [3.05, 3.63) is 51.9 Å². The van der Waals surface area contributed by atoms with Gasteiger partial charge in [0.2, 0.25) is 0 Å². The number of nitrogen functional groups attached to an aromatic ring is 1. The lowest BCUT2D eigenvalue weighted by Gasteiger charge is -2.00. The van der Waals surface area contributed by atoms with Crippen LogP contribution in [-0.4, -0.2) is 14.8 Å². The maximum absolute atomic E-state index is 11.7. The van der Waals surface area contributed by atoms with E-state index in [2.05, 4.69) is 10.1 Å². The fraction of sp³-hybridized carbons (Fsp3) is 0.0833. The number of rotatable bonds is 2. The van der Waals surface area contributed by atoms with Gasteiger partial charge in [0.05, 0.1) is 28.6 Å². The number of benzene rings is 1. The molecule has 0 radical (unpaired) electrons. The van der Waals surface area contributed by atoms with E-state index in [1.165, 1.54) is 16.9 Å². The lowest BCUT2D eigenvalue weighted by atomic mass is 10.3. The molecule has 0 unspecified atom stereocenters. The highest BCUT2D eigenvalue weighted by molar-refractivity contribution is 7.18. The summed E-state index contributed by atoms with van der Waals surface area (Å²) in [5.41, 5.74) is 6.60. The quantitative estimate of drug-likeness (QED) is 0.755. The van der Waals surface area contributed by atoms with Crippen LogP contribution in [0.15, 0.2) is 41.3 Å². The Morgan fingerprint density at radius 2 is 2.17 bits per heavy atom. The highest BCUT2D eigenvalue weighted by atomic mass is 32.1. The van der Waals surface area contributed by atoms with Gasteiger partial charge in [-0.25, -0.2) is 9.67 Å². The van der Waals surface area contributed by atoms with Gasteiger partial charge >= 0.3 is 0 Å². The van der Waals surface area contributed by atoms with Gasteiger partial charge in [0.25, 0.3) is 5.56 Å². The molecule has 0 aliphatic heterocycles. The third-order valence-corrected chi connectivity index (χ3v) is 3.54. The van der Waals surface area contributed by atoms with Crippen LogP contribution in [0, 0.1) is 0 Å². The van der Waals surface area contributed by atoms with Crippen LogP contribution in [0.1, 0.15) is 5.01 Å². The molecule has 0 spiro atoms. The molecule has 2 N–H and O–H groups in total. The van der Waals surface area contributed by atoms with Gasteiger partial charge in [-0.2, -0.15) is 5.10 Å². The maximum Gasteiger partial charge on any atom is 0.269 e. The molecule has 0 bridgehead atoms. The number of fused-ring (bicyclic) bond motifs is 1. The van der Waals surface area contributed by atoms with Gasteiger partial charge in [0.1, 0.15) is 5.01 Å². The lowest BCUT2D eigenvalue weighted by molar-refractivity contribution is 0.638. The minimum atomic E-state index is -0.214. The van der Waals surface area contributed by atoms with Crippen LogP contribution in [-0.2, 0) is 6.54 Å². The summed E-state index contributed by atoms with van der Waals surface area (Å²) in [7, 11) is 0. The summed E-state index contributed by atoms with van der Waals surface area (Å²) in [6.07, 6.45) is 1.47. The predicted octanol–water partition coefficient (Wildman–Crippen LogP) is 1.48. The van der Waals surface area contributed by atoms with Crippen molar-refractivity contribution >= 4 is 27.2 Å². The summed E-state index contributed by atoms with van der Waals surface area (Å²) < 4.78 is 2.46.